The Hall–Kier alpha value is -1.23. The summed E-state index contributed by atoms with van der Waals surface area (Å²) < 4.78 is 23.9. The van der Waals surface area contributed by atoms with Crippen molar-refractivity contribution >= 4 is 15.7 Å². The summed E-state index contributed by atoms with van der Waals surface area (Å²) in [6.07, 6.45) is 1.06. The first-order chi connectivity index (χ1) is 5.88. The van der Waals surface area contributed by atoms with Gasteiger partial charge in [-0.3, -0.25) is 4.72 Å². The summed E-state index contributed by atoms with van der Waals surface area (Å²) in [6.45, 7) is 1.74. The van der Waals surface area contributed by atoms with Crippen LogP contribution in [0.5, 0.6) is 5.75 Å². The molecule has 2 N–H and O–H groups in total. The Morgan fingerprint density at radius 1 is 1.38 bits per heavy atom. The standard InChI is InChI=1S/C8H11NO3S/c1-6-3-4-7(5-8(6)10)9-13(2,11)12/h3-5,9-10H,1-2H3. The molecule has 0 atom stereocenters. The molecule has 4 nitrogen and oxygen atoms in total. The van der Waals surface area contributed by atoms with Crippen molar-refractivity contribution in [2.24, 2.45) is 0 Å². The molecule has 1 aromatic carbocycles. The maximum absolute atomic E-state index is 10.8. The summed E-state index contributed by atoms with van der Waals surface area (Å²) in [5, 5.41) is 9.26. The first-order valence-corrected chi connectivity index (χ1v) is 5.55. The minimum absolute atomic E-state index is 0.0775. The van der Waals surface area contributed by atoms with E-state index >= 15 is 0 Å². The van der Waals surface area contributed by atoms with Crippen molar-refractivity contribution in [2.45, 2.75) is 6.92 Å². The Morgan fingerprint density at radius 3 is 2.46 bits per heavy atom. The van der Waals surface area contributed by atoms with Gasteiger partial charge in [-0.2, -0.15) is 0 Å². The van der Waals surface area contributed by atoms with Crippen LogP contribution in [0, 0.1) is 6.92 Å². The molecule has 5 heteroatoms. The van der Waals surface area contributed by atoms with Crippen molar-refractivity contribution in [1.82, 2.24) is 0 Å². The topological polar surface area (TPSA) is 66.4 Å². The van der Waals surface area contributed by atoms with Crippen LogP contribution in [0.25, 0.3) is 0 Å². The van der Waals surface area contributed by atoms with Crippen molar-refractivity contribution in [3.63, 3.8) is 0 Å². The summed E-state index contributed by atoms with van der Waals surface area (Å²) in [4.78, 5) is 0. The first-order valence-electron chi connectivity index (χ1n) is 3.66. The van der Waals surface area contributed by atoms with Gasteiger partial charge in [-0.15, -0.1) is 0 Å². The summed E-state index contributed by atoms with van der Waals surface area (Å²) in [5.74, 6) is 0.0775. The highest BCUT2D eigenvalue weighted by atomic mass is 32.2. The SMILES string of the molecule is Cc1ccc(NS(C)(=O)=O)cc1O. The second kappa shape index (κ2) is 3.26. The third-order valence-electron chi connectivity index (χ3n) is 1.51. The molecule has 0 spiro atoms. The number of nitrogens with one attached hydrogen (secondary N) is 1. The fraction of sp³-hybridized carbons (Fsp3) is 0.250. The lowest BCUT2D eigenvalue weighted by atomic mass is 10.2. The predicted molar refractivity (Wildman–Crippen MR) is 51.3 cm³/mol. The van der Waals surface area contributed by atoms with Crippen molar-refractivity contribution in [2.75, 3.05) is 11.0 Å². The molecule has 0 aliphatic carbocycles. The van der Waals surface area contributed by atoms with E-state index in [9.17, 15) is 13.5 Å². The van der Waals surface area contributed by atoms with Crippen LogP contribution >= 0.6 is 0 Å². The molecule has 0 fully saturated rings. The van der Waals surface area contributed by atoms with E-state index in [2.05, 4.69) is 4.72 Å². The number of aromatic hydroxyl groups is 1. The molecule has 72 valence electrons. The molecule has 1 rings (SSSR count). The third-order valence-corrected chi connectivity index (χ3v) is 2.12. The normalized spacial score (nSPS) is 11.2. The number of benzene rings is 1. The van der Waals surface area contributed by atoms with Gasteiger partial charge >= 0.3 is 0 Å². The number of hydrogen-bond donors (Lipinski definition) is 2. The van der Waals surface area contributed by atoms with Gasteiger partial charge in [-0.1, -0.05) is 6.07 Å². The lowest BCUT2D eigenvalue weighted by molar-refractivity contribution is 0.471. The zero-order valence-electron chi connectivity index (χ0n) is 7.40. The van der Waals surface area contributed by atoms with E-state index in [4.69, 9.17) is 0 Å². The maximum atomic E-state index is 10.8. The molecule has 0 bridgehead atoms. The molecule has 0 heterocycles. The van der Waals surface area contributed by atoms with Crippen LogP contribution in [0.1, 0.15) is 5.56 Å². The highest BCUT2D eigenvalue weighted by Gasteiger charge is 2.03. The zero-order chi connectivity index (χ0) is 10.1. The maximum Gasteiger partial charge on any atom is 0.229 e. The summed E-state index contributed by atoms with van der Waals surface area (Å²) >= 11 is 0. The molecule has 0 saturated carbocycles. The highest BCUT2D eigenvalue weighted by molar-refractivity contribution is 7.92. The van der Waals surface area contributed by atoms with Gasteiger partial charge in [0.2, 0.25) is 10.0 Å². The smallest absolute Gasteiger partial charge is 0.229 e. The van der Waals surface area contributed by atoms with Crippen LogP contribution in [-0.4, -0.2) is 19.8 Å². The quantitative estimate of drug-likeness (QED) is 0.752. The van der Waals surface area contributed by atoms with E-state index in [1.807, 2.05) is 0 Å². The molecule has 13 heavy (non-hydrogen) atoms. The van der Waals surface area contributed by atoms with Crippen LogP contribution in [0.2, 0.25) is 0 Å². The molecule has 0 aliphatic rings. The Balaban J connectivity index is 2.99. The van der Waals surface area contributed by atoms with E-state index in [-0.39, 0.29) is 5.75 Å². The molecule has 0 amide bonds. The fourth-order valence-electron chi connectivity index (χ4n) is 0.887. The predicted octanol–water partition coefficient (Wildman–Crippen LogP) is 1.07. The molecule has 1 aromatic rings. The fourth-order valence-corrected chi connectivity index (χ4v) is 1.44. The summed E-state index contributed by atoms with van der Waals surface area (Å²) in [7, 11) is -3.27. The Kier molecular flexibility index (Phi) is 2.47. The second-order valence-electron chi connectivity index (χ2n) is 2.88. The summed E-state index contributed by atoms with van der Waals surface area (Å²) in [6, 6.07) is 4.61. The van der Waals surface area contributed by atoms with E-state index in [1.54, 1.807) is 19.1 Å². The van der Waals surface area contributed by atoms with Gasteiger partial charge < -0.3 is 5.11 Å². The van der Waals surface area contributed by atoms with Crippen molar-refractivity contribution in [1.29, 1.82) is 0 Å². The van der Waals surface area contributed by atoms with Crippen LogP contribution < -0.4 is 4.72 Å². The van der Waals surface area contributed by atoms with Crippen LogP contribution in [-0.2, 0) is 10.0 Å². The van der Waals surface area contributed by atoms with E-state index in [1.165, 1.54) is 6.07 Å². The van der Waals surface area contributed by atoms with Crippen molar-refractivity contribution in [3.05, 3.63) is 23.8 Å². The molecular formula is C8H11NO3S. The minimum Gasteiger partial charge on any atom is -0.508 e. The Bertz CT molecular complexity index is 411. The van der Waals surface area contributed by atoms with Crippen molar-refractivity contribution < 1.29 is 13.5 Å². The molecule has 0 unspecified atom stereocenters. The van der Waals surface area contributed by atoms with Gasteiger partial charge in [0, 0.05) is 6.07 Å². The molecule has 0 aromatic heterocycles. The lowest BCUT2D eigenvalue weighted by Gasteiger charge is -2.05. The first kappa shape index (κ1) is 9.85. The van der Waals surface area contributed by atoms with E-state index in [0.29, 0.717) is 11.3 Å². The number of sulfonamides is 1. The Morgan fingerprint density at radius 2 is 2.00 bits per heavy atom. The van der Waals surface area contributed by atoms with Gasteiger partial charge in [0.15, 0.2) is 0 Å². The van der Waals surface area contributed by atoms with Crippen molar-refractivity contribution in [3.8, 4) is 5.75 Å². The van der Waals surface area contributed by atoms with Gasteiger partial charge in [-0.05, 0) is 18.6 Å². The zero-order valence-corrected chi connectivity index (χ0v) is 8.22. The number of rotatable bonds is 2. The summed E-state index contributed by atoms with van der Waals surface area (Å²) in [5.41, 5.74) is 1.07. The lowest BCUT2D eigenvalue weighted by Crippen LogP contribution is -2.09. The number of hydrogen-bond acceptors (Lipinski definition) is 3. The number of anilines is 1. The monoisotopic (exact) mass is 201 g/mol. The van der Waals surface area contributed by atoms with Gasteiger partial charge in [0.1, 0.15) is 5.75 Å². The number of aryl methyl sites for hydroxylation is 1. The second-order valence-corrected chi connectivity index (χ2v) is 4.62. The average molecular weight is 201 g/mol. The molecule has 0 aliphatic heterocycles. The average Bonchev–Trinajstić information content (AvgIpc) is 1.94. The van der Waals surface area contributed by atoms with Crippen LogP contribution in [0.3, 0.4) is 0 Å². The third kappa shape index (κ3) is 2.95. The largest absolute Gasteiger partial charge is 0.508 e. The van der Waals surface area contributed by atoms with Gasteiger partial charge in [0.05, 0.1) is 11.9 Å². The molecule has 0 radical (unpaired) electrons. The van der Waals surface area contributed by atoms with Crippen LogP contribution in [0.15, 0.2) is 18.2 Å². The molecule has 0 saturated heterocycles. The Labute approximate surface area is 77.3 Å². The van der Waals surface area contributed by atoms with Crippen LogP contribution in [0.4, 0.5) is 5.69 Å². The van der Waals surface area contributed by atoms with E-state index in [0.717, 1.165) is 6.26 Å². The number of phenols is 1. The molecular weight excluding hydrogens is 190 g/mol. The van der Waals surface area contributed by atoms with Gasteiger partial charge in [-0.25, -0.2) is 8.42 Å². The highest BCUT2D eigenvalue weighted by Crippen LogP contribution is 2.21. The minimum atomic E-state index is -3.27. The number of phenolic OH excluding ortho intramolecular Hbond substituents is 1. The van der Waals surface area contributed by atoms with E-state index < -0.39 is 10.0 Å². The van der Waals surface area contributed by atoms with Gasteiger partial charge in [0.25, 0.3) is 0 Å².